The molecule has 0 spiro atoms. The van der Waals surface area contributed by atoms with Gasteiger partial charge in [0, 0.05) is 19.1 Å². The molecule has 4 nitrogen and oxygen atoms in total. The Morgan fingerprint density at radius 2 is 1.75 bits per heavy atom. The van der Waals surface area contributed by atoms with Crippen molar-refractivity contribution in [3.63, 3.8) is 0 Å². The molecular weight excluding hydrogens is 363 g/mol. The molecule has 120 valence electrons. The summed E-state index contributed by atoms with van der Waals surface area (Å²) in [5.41, 5.74) is 6.07. The highest BCUT2D eigenvalue weighted by Gasteiger charge is 2.22. The first-order chi connectivity index (χ1) is 9.08. The van der Waals surface area contributed by atoms with Gasteiger partial charge in [-0.05, 0) is 52.1 Å². The van der Waals surface area contributed by atoms with Crippen LogP contribution in [0.3, 0.4) is 0 Å². The molecule has 1 rings (SSSR count). The SMILES string of the molecule is CCN(CC)C(N)=NCC(CC(C)C)N1CCCC1.I. The van der Waals surface area contributed by atoms with Crippen LogP contribution in [0.2, 0.25) is 0 Å². The van der Waals surface area contributed by atoms with E-state index in [1.807, 2.05) is 0 Å². The lowest BCUT2D eigenvalue weighted by Gasteiger charge is -2.28. The Morgan fingerprint density at radius 3 is 2.20 bits per heavy atom. The molecule has 0 aromatic carbocycles. The molecule has 1 aliphatic rings. The van der Waals surface area contributed by atoms with Crippen molar-refractivity contribution in [2.75, 3.05) is 32.7 Å². The molecule has 0 bridgehead atoms. The number of aliphatic imine (C=N–C) groups is 1. The van der Waals surface area contributed by atoms with Crippen LogP contribution in [-0.4, -0.2) is 54.5 Å². The molecule has 0 aliphatic carbocycles. The number of hydrogen-bond acceptors (Lipinski definition) is 2. The molecule has 1 aliphatic heterocycles. The molecule has 2 N–H and O–H groups in total. The molecule has 1 heterocycles. The number of hydrogen-bond donors (Lipinski definition) is 1. The van der Waals surface area contributed by atoms with Crippen molar-refractivity contribution in [1.29, 1.82) is 0 Å². The van der Waals surface area contributed by atoms with Gasteiger partial charge in [0.2, 0.25) is 0 Å². The predicted octanol–water partition coefficient (Wildman–Crippen LogP) is 2.77. The van der Waals surface area contributed by atoms with Crippen molar-refractivity contribution in [3.05, 3.63) is 0 Å². The molecular formula is C15H33IN4. The smallest absolute Gasteiger partial charge is 0.191 e. The number of halogens is 1. The van der Waals surface area contributed by atoms with Crippen molar-refractivity contribution in [2.24, 2.45) is 16.6 Å². The molecule has 0 radical (unpaired) electrons. The summed E-state index contributed by atoms with van der Waals surface area (Å²) >= 11 is 0. The van der Waals surface area contributed by atoms with Gasteiger partial charge >= 0.3 is 0 Å². The highest BCUT2D eigenvalue weighted by molar-refractivity contribution is 14.0. The van der Waals surface area contributed by atoms with E-state index in [4.69, 9.17) is 5.73 Å². The lowest BCUT2D eigenvalue weighted by Crippen LogP contribution is -2.40. The maximum absolute atomic E-state index is 6.07. The van der Waals surface area contributed by atoms with Crippen LogP contribution in [0.1, 0.15) is 47.0 Å². The lowest BCUT2D eigenvalue weighted by atomic mass is 10.0. The average Bonchev–Trinajstić information content (AvgIpc) is 2.89. The Hall–Kier alpha value is -0.0400. The zero-order valence-corrected chi connectivity index (χ0v) is 16.0. The quantitative estimate of drug-likeness (QED) is 0.409. The second kappa shape index (κ2) is 10.7. The first kappa shape index (κ1) is 20.0. The molecule has 1 fully saturated rings. The first-order valence-corrected chi connectivity index (χ1v) is 7.87. The zero-order chi connectivity index (χ0) is 14.3. The van der Waals surface area contributed by atoms with Crippen LogP contribution >= 0.6 is 24.0 Å². The van der Waals surface area contributed by atoms with Gasteiger partial charge in [-0.1, -0.05) is 13.8 Å². The minimum atomic E-state index is 0. The van der Waals surface area contributed by atoms with E-state index in [2.05, 4.69) is 42.5 Å². The Bertz CT molecular complexity index is 271. The molecule has 1 saturated heterocycles. The zero-order valence-electron chi connectivity index (χ0n) is 13.6. The summed E-state index contributed by atoms with van der Waals surface area (Å²) in [6.07, 6.45) is 3.89. The van der Waals surface area contributed by atoms with Crippen molar-refractivity contribution in [2.45, 2.75) is 53.0 Å². The minimum Gasteiger partial charge on any atom is -0.370 e. The predicted molar refractivity (Wildman–Crippen MR) is 98.9 cm³/mol. The lowest BCUT2D eigenvalue weighted by molar-refractivity contribution is 0.218. The molecule has 0 amide bonds. The normalized spacial score (nSPS) is 18.1. The van der Waals surface area contributed by atoms with Crippen LogP contribution in [0.15, 0.2) is 4.99 Å². The number of rotatable bonds is 7. The van der Waals surface area contributed by atoms with Gasteiger partial charge in [-0.3, -0.25) is 9.89 Å². The summed E-state index contributed by atoms with van der Waals surface area (Å²) in [6.45, 7) is 14.0. The highest BCUT2D eigenvalue weighted by Crippen LogP contribution is 2.18. The number of nitrogens with two attached hydrogens (primary N) is 1. The van der Waals surface area contributed by atoms with Crippen LogP contribution < -0.4 is 5.73 Å². The van der Waals surface area contributed by atoms with Crippen LogP contribution in [0.25, 0.3) is 0 Å². The van der Waals surface area contributed by atoms with E-state index in [-0.39, 0.29) is 24.0 Å². The molecule has 0 saturated carbocycles. The fourth-order valence-electron chi connectivity index (χ4n) is 2.84. The summed E-state index contributed by atoms with van der Waals surface area (Å²) in [5.74, 6) is 1.42. The van der Waals surface area contributed by atoms with Gasteiger partial charge in [0.25, 0.3) is 0 Å². The second-order valence-corrected chi connectivity index (χ2v) is 5.90. The van der Waals surface area contributed by atoms with E-state index >= 15 is 0 Å². The third-order valence-corrected chi connectivity index (χ3v) is 3.95. The Balaban J connectivity index is 0.00000361. The summed E-state index contributed by atoms with van der Waals surface area (Å²) in [7, 11) is 0. The van der Waals surface area contributed by atoms with Crippen LogP contribution in [0.4, 0.5) is 0 Å². The van der Waals surface area contributed by atoms with E-state index in [0.717, 1.165) is 25.6 Å². The number of nitrogens with zero attached hydrogens (tertiary/aromatic N) is 3. The molecule has 20 heavy (non-hydrogen) atoms. The first-order valence-electron chi connectivity index (χ1n) is 7.87. The van der Waals surface area contributed by atoms with Gasteiger partial charge in [-0.2, -0.15) is 0 Å². The van der Waals surface area contributed by atoms with E-state index in [9.17, 15) is 0 Å². The maximum Gasteiger partial charge on any atom is 0.191 e. The van der Waals surface area contributed by atoms with Gasteiger partial charge in [-0.25, -0.2) is 0 Å². The highest BCUT2D eigenvalue weighted by atomic mass is 127. The largest absolute Gasteiger partial charge is 0.370 e. The van der Waals surface area contributed by atoms with E-state index < -0.39 is 0 Å². The maximum atomic E-state index is 6.07. The van der Waals surface area contributed by atoms with E-state index in [1.54, 1.807) is 0 Å². The Kier molecular flexibility index (Phi) is 10.6. The van der Waals surface area contributed by atoms with Gasteiger partial charge < -0.3 is 10.6 Å². The van der Waals surface area contributed by atoms with Crippen molar-refractivity contribution >= 4 is 29.9 Å². The molecule has 1 atom stereocenters. The average molecular weight is 396 g/mol. The standard InChI is InChI=1S/C15H32N4.HI/c1-5-18(6-2)15(16)17-12-14(11-13(3)4)19-9-7-8-10-19;/h13-14H,5-12H2,1-4H3,(H2,16,17);1H. The molecule has 0 aromatic rings. The Labute approximate surface area is 142 Å². The van der Waals surface area contributed by atoms with Gasteiger partial charge in [0.05, 0.1) is 6.54 Å². The van der Waals surface area contributed by atoms with Crippen LogP contribution in [0, 0.1) is 5.92 Å². The van der Waals surface area contributed by atoms with Crippen molar-refractivity contribution < 1.29 is 0 Å². The van der Waals surface area contributed by atoms with Gasteiger partial charge in [0.1, 0.15) is 0 Å². The van der Waals surface area contributed by atoms with Gasteiger partial charge in [-0.15, -0.1) is 24.0 Å². The summed E-state index contributed by atoms with van der Waals surface area (Å²) in [4.78, 5) is 9.36. The van der Waals surface area contributed by atoms with Crippen LogP contribution in [0.5, 0.6) is 0 Å². The van der Waals surface area contributed by atoms with E-state index in [0.29, 0.717) is 12.0 Å². The van der Waals surface area contributed by atoms with E-state index in [1.165, 1.54) is 32.4 Å². The number of guanidine groups is 1. The Morgan fingerprint density at radius 1 is 1.20 bits per heavy atom. The molecule has 5 heteroatoms. The second-order valence-electron chi connectivity index (χ2n) is 5.90. The van der Waals surface area contributed by atoms with Crippen molar-refractivity contribution in [1.82, 2.24) is 9.80 Å². The van der Waals surface area contributed by atoms with Crippen LogP contribution in [-0.2, 0) is 0 Å². The minimum absolute atomic E-state index is 0. The fourth-order valence-corrected chi connectivity index (χ4v) is 2.84. The molecule has 0 aromatic heterocycles. The summed E-state index contributed by atoms with van der Waals surface area (Å²) < 4.78 is 0. The third-order valence-electron chi connectivity index (χ3n) is 3.95. The summed E-state index contributed by atoms with van der Waals surface area (Å²) in [6, 6.07) is 0.566. The molecule has 1 unspecified atom stereocenters. The number of likely N-dealkylation sites (tertiary alicyclic amines) is 1. The van der Waals surface area contributed by atoms with Gasteiger partial charge in [0.15, 0.2) is 5.96 Å². The topological polar surface area (TPSA) is 44.9 Å². The third kappa shape index (κ3) is 6.61. The monoisotopic (exact) mass is 396 g/mol. The fraction of sp³-hybridized carbons (Fsp3) is 0.933. The van der Waals surface area contributed by atoms with Crippen molar-refractivity contribution in [3.8, 4) is 0 Å². The summed E-state index contributed by atoms with van der Waals surface area (Å²) in [5, 5.41) is 0.